The average Bonchev–Trinajstić information content (AvgIpc) is 2.61. The topological polar surface area (TPSA) is 70.6 Å². The molecular formula is C19H24N2O3. The Morgan fingerprint density at radius 1 is 1.21 bits per heavy atom. The average molecular weight is 328 g/mol. The Hall–Kier alpha value is -2.53. The summed E-state index contributed by atoms with van der Waals surface area (Å²) in [4.78, 5) is 12.0. The Balaban J connectivity index is 1.88. The lowest BCUT2D eigenvalue weighted by atomic mass is 10.1. The van der Waals surface area contributed by atoms with E-state index in [1.807, 2.05) is 25.1 Å². The molecule has 1 unspecified atom stereocenters. The van der Waals surface area contributed by atoms with Gasteiger partial charge in [-0.25, -0.2) is 4.79 Å². The number of hydrogen-bond acceptors (Lipinski definition) is 3. The van der Waals surface area contributed by atoms with Gasteiger partial charge in [-0.1, -0.05) is 25.1 Å². The molecule has 128 valence electrons. The number of benzene rings is 2. The minimum Gasteiger partial charge on any atom is -0.497 e. The molecule has 0 fully saturated rings. The molecule has 0 saturated heterocycles. The van der Waals surface area contributed by atoms with Crippen molar-refractivity contribution >= 4 is 11.7 Å². The highest BCUT2D eigenvalue weighted by Crippen LogP contribution is 2.18. The molecule has 1 atom stereocenters. The van der Waals surface area contributed by atoms with E-state index in [-0.39, 0.29) is 12.6 Å². The van der Waals surface area contributed by atoms with Crippen LogP contribution in [-0.4, -0.2) is 24.8 Å². The van der Waals surface area contributed by atoms with E-state index < -0.39 is 6.10 Å². The summed E-state index contributed by atoms with van der Waals surface area (Å²) in [5.41, 5.74) is 3.87. The van der Waals surface area contributed by atoms with Crippen LogP contribution in [0.15, 0.2) is 42.5 Å². The normalized spacial score (nSPS) is 11.7. The van der Waals surface area contributed by atoms with Crippen molar-refractivity contribution in [2.75, 3.05) is 19.0 Å². The van der Waals surface area contributed by atoms with Crippen molar-refractivity contribution in [2.45, 2.75) is 26.4 Å². The summed E-state index contributed by atoms with van der Waals surface area (Å²) in [6.07, 6.45) is 0.143. The fourth-order valence-electron chi connectivity index (χ4n) is 2.44. The predicted molar refractivity (Wildman–Crippen MR) is 95.5 cm³/mol. The van der Waals surface area contributed by atoms with Crippen LogP contribution < -0.4 is 15.4 Å². The Bertz CT molecular complexity index is 684. The highest BCUT2D eigenvalue weighted by atomic mass is 16.5. The van der Waals surface area contributed by atoms with Gasteiger partial charge in [-0.2, -0.15) is 0 Å². The highest BCUT2D eigenvalue weighted by molar-refractivity contribution is 5.89. The lowest BCUT2D eigenvalue weighted by molar-refractivity contribution is 0.175. The number of urea groups is 1. The molecule has 0 radical (unpaired) electrons. The third-order valence-electron chi connectivity index (χ3n) is 3.94. The van der Waals surface area contributed by atoms with Gasteiger partial charge in [0.25, 0.3) is 0 Å². The van der Waals surface area contributed by atoms with Crippen molar-refractivity contribution in [3.8, 4) is 5.75 Å². The van der Waals surface area contributed by atoms with Gasteiger partial charge in [0.2, 0.25) is 0 Å². The number of carbonyl (C=O) groups is 1. The second-order valence-electron chi connectivity index (χ2n) is 5.62. The van der Waals surface area contributed by atoms with Gasteiger partial charge in [0, 0.05) is 12.2 Å². The number of aryl methyl sites for hydroxylation is 2. The second-order valence-corrected chi connectivity index (χ2v) is 5.62. The molecule has 0 aliphatic rings. The molecule has 24 heavy (non-hydrogen) atoms. The van der Waals surface area contributed by atoms with Gasteiger partial charge in [-0.05, 0) is 54.3 Å². The summed E-state index contributed by atoms with van der Waals surface area (Å²) < 4.78 is 5.08. The lowest BCUT2D eigenvalue weighted by Gasteiger charge is -2.14. The van der Waals surface area contributed by atoms with Crippen LogP contribution in [0.1, 0.15) is 29.7 Å². The van der Waals surface area contributed by atoms with Crippen molar-refractivity contribution < 1.29 is 14.6 Å². The molecule has 5 nitrogen and oxygen atoms in total. The first-order valence-corrected chi connectivity index (χ1v) is 8.00. The monoisotopic (exact) mass is 328 g/mol. The maximum Gasteiger partial charge on any atom is 0.319 e. The van der Waals surface area contributed by atoms with Gasteiger partial charge >= 0.3 is 6.03 Å². The molecule has 2 aromatic rings. The summed E-state index contributed by atoms with van der Waals surface area (Å²) >= 11 is 0. The SMILES string of the molecule is CCc1cc(NC(=O)NCC(O)c2ccc(OC)cc2)ccc1C. The molecule has 3 N–H and O–H groups in total. The lowest BCUT2D eigenvalue weighted by Crippen LogP contribution is -2.32. The molecule has 2 aromatic carbocycles. The Labute approximate surface area is 142 Å². The molecular weight excluding hydrogens is 304 g/mol. The zero-order valence-electron chi connectivity index (χ0n) is 14.3. The number of aliphatic hydroxyl groups excluding tert-OH is 1. The van der Waals surface area contributed by atoms with Gasteiger partial charge in [0.15, 0.2) is 0 Å². The number of hydrogen-bond donors (Lipinski definition) is 3. The Morgan fingerprint density at radius 3 is 2.54 bits per heavy atom. The van der Waals surface area contributed by atoms with Gasteiger partial charge in [0.1, 0.15) is 5.75 Å². The highest BCUT2D eigenvalue weighted by Gasteiger charge is 2.10. The molecule has 2 rings (SSSR count). The fraction of sp³-hybridized carbons (Fsp3) is 0.316. The van der Waals surface area contributed by atoms with Gasteiger partial charge in [0.05, 0.1) is 13.2 Å². The number of ether oxygens (including phenoxy) is 1. The molecule has 0 aliphatic heterocycles. The number of aliphatic hydroxyl groups is 1. The van der Waals surface area contributed by atoms with Gasteiger partial charge < -0.3 is 20.5 Å². The van der Waals surface area contributed by atoms with E-state index in [0.29, 0.717) is 0 Å². The van der Waals surface area contributed by atoms with Crippen LogP contribution in [0.3, 0.4) is 0 Å². The van der Waals surface area contributed by atoms with Gasteiger partial charge in [-0.3, -0.25) is 0 Å². The van der Waals surface area contributed by atoms with E-state index in [4.69, 9.17) is 4.74 Å². The van der Waals surface area contributed by atoms with Crippen LogP contribution in [0.5, 0.6) is 5.75 Å². The predicted octanol–water partition coefficient (Wildman–Crippen LogP) is 3.42. The van der Waals surface area contributed by atoms with E-state index in [2.05, 4.69) is 17.6 Å². The van der Waals surface area contributed by atoms with Crippen LogP contribution in [0.25, 0.3) is 0 Å². The number of rotatable bonds is 6. The minimum atomic E-state index is -0.772. The summed E-state index contributed by atoms with van der Waals surface area (Å²) in [6.45, 7) is 4.26. The van der Waals surface area contributed by atoms with E-state index in [1.165, 1.54) is 11.1 Å². The first-order valence-electron chi connectivity index (χ1n) is 8.00. The maximum absolute atomic E-state index is 12.0. The van der Waals surface area contributed by atoms with Crippen LogP contribution in [0.4, 0.5) is 10.5 Å². The van der Waals surface area contributed by atoms with Crippen molar-refractivity contribution in [1.82, 2.24) is 5.32 Å². The Morgan fingerprint density at radius 2 is 1.92 bits per heavy atom. The molecule has 0 aliphatic carbocycles. The molecule has 0 saturated carbocycles. The third-order valence-corrected chi connectivity index (χ3v) is 3.94. The van der Waals surface area contributed by atoms with Crippen molar-refractivity contribution in [3.63, 3.8) is 0 Å². The van der Waals surface area contributed by atoms with Gasteiger partial charge in [-0.15, -0.1) is 0 Å². The van der Waals surface area contributed by atoms with Crippen molar-refractivity contribution in [2.24, 2.45) is 0 Å². The van der Waals surface area contributed by atoms with Crippen LogP contribution in [0.2, 0.25) is 0 Å². The zero-order valence-corrected chi connectivity index (χ0v) is 14.3. The minimum absolute atomic E-state index is 0.130. The standard InChI is InChI=1S/C19H24N2O3/c1-4-14-11-16(8-5-13(14)2)21-19(23)20-12-18(22)15-6-9-17(24-3)10-7-15/h5-11,18,22H,4,12H2,1-3H3,(H2,20,21,23). The van der Waals surface area contributed by atoms with E-state index in [1.54, 1.807) is 31.4 Å². The maximum atomic E-state index is 12.0. The summed E-state index contributed by atoms with van der Waals surface area (Å²) in [7, 11) is 1.59. The Kier molecular flexibility index (Phi) is 6.21. The van der Waals surface area contributed by atoms with E-state index >= 15 is 0 Å². The summed E-state index contributed by atoms with van der Waals surface area (Å²) in [5.74, 6) is 0.725. The van der Waals surface area contributed by atoms with Crippen LogP contribution in [0, 0.1) is 6.92 Å². The first-order chi connectivity index (χ1) is 11.5. The second kappa shape index (κ2) is 8.36. The number of amides is 2. The molecule has 0 spiro atoms. The molecule has 0 aromatic heterocycles. The molecule has 0 heterocycles. The molecule has 0 bridgehead atoms. The largest absolute Gasteiger partial charge is 0.497 e. The van der Waals surface area contributed by atoms with E-state index in [9.17, 15) is 9.90 Å². The molecule has 2 amide bonds. The summed E-state index contributed by atoms with van der Waals surface area (Å²) in [6, 6.07) is 12.6. The smallest absolute Gasteiger partial charge is 0.319 e. The third kappa shape index (κ3) is 4.73. The zero-order chi connectivity index (χ0) is 17.5. The van der Waals surface area contributed by atoms with Crippen LogP contribution >= 0.6 is 0 Å². The van der Waals surface area contributed by atoms with Crippen LogP contribution in [-0.2, 0) is 6.42 Å². The fourth-order valence-corrected chi connectivity index (χ4v) is 2.44. The number of carbonyl (C=O) groups excluding carboxylic acids is 1. The number of methoxy groups -OCH3 is 1. The molecule has 5 heteroatoms. The quantitative estimate of drug-likeness (QED) is 0.761. The summed E-state index contributed by atoms with van der Waals surface area (Å²) in [5, 5.41) is 15.6. The van der Waals surface area contributed by atoms with Crippen molar-refractivity contribution in [3.05, 3.63) is 59.2 Å². The number of anilines is 1. The van der Waals surface area contributed by atoms with E-state index in [0.717, 1.165) is 23.4 Å². The van der Waals surface area contributed by atoms with Crippen molar-refractivity contribution in [1.29, 1.82) is 0 Å². The first kappa shape index (κ1) is 17.8. The number of nitrogens with one attached hydrogen (secondary N) is 2.